The first-order valence-corrected chi connectivity index (χ1v) is 8.00. The lowest BCUT2D eigenvalue weighted by atomic mass is 10.0. The van der Waals surface area contributed by atoms with Crippen molar-refractivity contribution >= 4 is 5.91 Å². The van der Waals surface area contributed by atoms with Gasteiger partial charge in [0.25, 0.3) is 0 Å². The second-order valence-corrected chi connectivity index (χ2v) is 7.54. The molecular formula is C16H31N3O. The van der Waals surface area contributed by atoms with Crippen molar-refractivity contribution in [3.63, 3.8) is 0 Å². The summed E-state index contributed by atoms with van der Waals surface area (Å²) in [5, 5.41) is 0. The number of hydrogen-bond donors (Lipinski definition) is 1. The van der Waals surface area contributed by atoms with Crippen molar-refractivity contribution < 1.29 is 4.79 Å². The van der Waals surface area contributed by atoms with Crippen molar-refractivity contribution in [2.45, 2.75) is 47.1 Å². The molecule has 4 heteroatoms. The monoisotopic (exact) mass is 281 g/mol. The van der Waals surface area contributed by atoms with Crippen LogP contribution in [0.5, 0.6) is 0 Å². The van der Waals surface area contributed by atoms with Crippen LogP contribution >= 0.6 is 0 Å². The number of rotatable bonds is 4. The topological polar surface area (TPSA) is 49.6 Å². The van der Waals surface area contributed by atoms with Crippen LogP contribution in [0.25, 0.3) is 0 Å². The van der Waals surface area contributed by atoms with E-state index in [1.807, 2.05) is 0 Å². The summed E-state index contributed by atoms with van der Waals surface area (Å²) in [7, 11) is 0. The Hall–Kier alpha value is -0.610. The molecule has 0 aromatic rings. The minimum absolute atomic E-state index is 0.143. The largest absolute Gasteiger partial charge is 0.340 e. The molecule has 0 aromatic carbocycles. The van der Waals surface area contributed by atoms with Crippen LogP contribution < -0.4 is 5.73 Å². The van der Waals surface area contributed by atoms with Crippen LogP contribution in [0, 0.1) is 16.7 Å². The van der Waals surface area contributed by atoms with Crippen molar-refractivity contribution in [1.82, 2.24) is 9.80 Å². The van der Waals surface area contributed by atoms with Crippen LogP contribution in [0.2, 0.25) is 0 Å². The summed E-state index contributed by atoms with van der Waals surface area (Å²) in [5.74, 6) is 0.554. The molecule has 1 unspecified atom stereocenters. The molecule has 2 aliphatic rings. The highest BCUT2D eigenvalue weighted by Crippen LogP contribution is 2.68. The van der Waals surface area contributed by atoms with Crippen LogP contribution in [-0.4, -0.2) is 54.5 Å². The van der Waals surface area contributed by atoms with Gasteiger partial charge in [0.05, 0.1) is 0 Å². The molecule has 116 valence electrons. The van der Waals surface area contributed by atoms with E-state index in [1.54, 1.807) is 0 Å². The zero-order valence-corrected chi connectivity index (χ0v) is 13.8. The molecule has 2 fully saturated rings. The number of nitrogens with two attached hydrogens (primary N) is 1. The third-order valence-corrected chi connectivity index (χ3v) is 6.15. The van der Waals surface area contributed by atoms with Gasteiger partial charge >= 0.3 is 0 Å². The van der Waals surface area contributed by atoms with E-state index in [2.05, 4.69) is 44.4 Å². The summed E-state index contributed by atoms with van der Waals surface area (Å²) in [6.45, 7) is 15.4. The zero-order valence-electron chi connectivity index (χ0n) is 13.8. The van der Waals surface area contributed by atoms with Crippen molar-refractivity contribution in [3.8, 4) is 0 Å². The van der Waals surface area contributed by atoms with Crippen LogP contribution in [0.3, 0.4) is 0 Å². The number of piperazine rings is 1. The third-order valence-electron chi connectivity index (χ3n) is 6.15. The average molecular weight is 281 g/mol. The van der Waals surface area contributed by atoms with Gasteiger partial charge in [0, 0.05) is 44.7 Å². The molecule has 0 bridgehead atoms. The first-order chi connectivity index (χ1) is 9.27. The maximum atomic E-state index is 12.7. The van der Waals surface area contributed by atoms with Gasteiger partial charge in [-0.25, -0.2) is 0 Å². The molecule has 0 spiro atoms. The Labute approximate surface area is 123 Å². The van der Waals surface area contributed by atoms with Crippen molar-refractivity contribution in [1.29, 1.82) is 0 Å². The quantitative estimate of drug-likeness (QED) is 0.850. The average Bonchev–Trinajstić information content (AvgIpc) is 2.81. The summed E-state index contributed by atoms with van der Waals surface area (Å²) in [6, 6.07) is 0.473. The summed E-state index contributed by atoms with van der Waals surface area (Å²) < 4.78 is 0. The van der Waals surface area contributed by atoms with Crippen LogP contribution in [0.15, 0.2) is 0 Å². The maximum absolute atomic E-state index is 12.7. The lowest BCUT2D eigenvalue weighted by molar-refractivity contribution is -0.136. The number of hydrogen-bond acceptors (Lipinski definition) is 3. The SMILES string of the molecule is CCC(CN)N1CCN(C(=O)C2C(C)(C)C2(C)C)CC1. The Morgan fingerprint density at radius 1 is 1.15 bits per heavy atom. The van der Waals surface area contributed by atoms with Gasteiger partial charge in [-0.1, -0.05) is 34.6 Å². The summed E-state index contributed by atoms with van der Waals surface area (Å²) in [4.78, 5) is 17.2. The summed E-state index contributed by atoms with van der Waals surface area (Å²) in [5.41, 5.74) is 6.10. The highest BCUT2D eigenvalue weighted by Gasteiger charge is 2.68. The summed E-state index contributed by atoms with van der Waals surface area (Å²) in [6.07, 6.45) is 1.09. The van der Waals surface area contributed by atoms with Crippen molar-refractivity contribution in [2.75, 3.05) is 32.7 Å². The number of carbonyl (C=O) groups is 1. The fraction of sp³-hybridized carbons (Fsp3) is 0.938. The van der Waals surface area contributed by atoms with Crippen LogP contribution in [0.4, 0.5) is 0 Å². The molecule has 1 aliphatic heterocycles. The van der Waals surface area contributed by atoms with E-state index in [0.717, 1.165) is 32.6 Å². The fourth-order valence-corrected chi connectivity index (χ4v) is 3.88. The highest BCUT2D eigenvalue weighted by molar-refractivity contribution is 5.84. The molecule has 4 nitrogen and oxygen atoms in total. The molecule has 1 saturated carbocycles. The van der Waals surface area contributed by atoms with Gasteiger partial charge in [0.1, 0.15) is 0 Å². The molecule has 0 aromatic heterocycles. The Morgan fingerprint density at radius 2 is 1.65 bits per heavy atom. The minimum Gasteiger partial charge on any atom is -0.340 e. The predicted octanol–water partition coefficient (Wildman–Crippen LogP) is 1.55. The van der Waals surface area contributed by atoms with Crippen molar-refractivity contribution in [2.24, 2.45) is 22.5 Å². The van der Waals surface area contributed by atoms with E-state index in [1.165, 1.54) is 0 Å². The Balaban J connectivity index is 1.91. The van der Waals surface area contributed by atoms with E-state index in [4.69, 9.17) is 5.73 Å². The molecule has 1 saturated heterocycles. The molecule has 20 heavy (non-hydrogen) atoms. The van der Waals surface area contributed by atoms with Crippen molar-refractivity contribution in [3.05, 3.63) is 0 Å². The van der Waals surface area contributed by atoms with E-state index in [9.17, 15) is 4.79 Å². The Bertz CT molecular complexity index is 352. The Morgan fingerprint density at radius 3 is 2.00 bits per heavy atom. The number of nitrogens with zero attached hydrogens (tertiary/aromatic N) is 2. The molecule has 1 atom stereocenters. The molecule has 2 rings (SSSR count). The second kappa shape index (κ2) is 5.30. The minimum atomic E-state index is 0.143. The van der Waals surface area contributed by atoms with Gasteiger partial charge in [0.15, 0.2) is 0 Å². The zero-order chi connectivity index (χ0) is 15.1. The van der Waals surface area contributed by atoms with Gasteiger partial charge in [-0.15, -0.1) is 0 Å². The second-order valence-electron chi connectivity index (χ2n) is 7.54. The van der Waals surface area contributed by atoms with Gasteiger partial charge in [-0.3, -0.25) is 9.69 Å². The molecule has 1 aliphatic carbocycles. The smallest absolute Gasteiger partial charge is 0.226 e. The van der Waals surface area contributed by atoms with Crippen LogP contribution in [0.1, 0.15) is 41.0 Å². The van der Waals surface area contributed by atoms with E-state index in [0.29, 0.717) is 18.5 Å². The molecular weight excluding hydrogens is 250 g/mol. The van der Waals surface area contributed by atoms with Gasteiger partial charge in [-0.2, -0.15) is 0 Å². The first kappa shape index (κ1) is 15.8. The lowest BCUT2D eigenvalue weighted by Crippen LogP contribution is -2.54. The van der Waals surface area contributed by atoms with Gasteiger partial charge in [0.2, 0.25) is 5.91 Å². The summed E-state index contributed by atoms with van der Waals surface area (Å²) >= 11 is 0. The number of carbonyl (C=O) groups excluding carboxylic acids is 1. The fourth-order valence-electron chi connectivity index (χ4n) is 3.88. The van der Waals surface area contributed by atoms with E-state index in [-0.39, 0.29) is 16.7 Å². The van der Waals surface area contributed by atoms with E-state index >= 15 is 0 Å². The molecule has 2 N–H and O–H groups in total. The number of amides is 1. The lowest BCUT2D eigenvalue weighted by Gasteiger charge is -2.39. The third kappa shape index (κ3) is 2.37. The van der Waals surface area contributed by atoms with Crippen LogP contribution in [-0.2, 0) is 4.79 Å². The van der Waals surface area contributed by atoms with Gasteiger partial charge < -0.3 is 10.6 Å². The molecule has 1 heterocycles. The highest BCUT2D eigenvalue weighted by atomic mass is 16.2. The Kier molecular flexibility index (Phi) is 4.18. The maximum Gasteiger partial charge on any atom is 0.226 e. The normalized spacial score (nSPS) is 27.4. The van der Waals surface area contributed by atoms with Gasteiger partial charge in [-0.05, 0) is 17.3 Å². The molecule has 0 radical (unpaired) electrons. The predicted molar refractivity (Wildman–Crippen MR) is 82.3 cm³/mol. The standard InChI is InChI=1S/C16H31N3O/c1-6-12(11-17)18-7-9-19(10-8-18)14(20)13-15(2,3)16(13,4)5/h12-13H,6-11,17H2,1-5H3. The first-order valence-electron chi connectivity index (χ1n) is 8.00. The molecule has 1 amide bonds. The van der Waals surface area contributed by atoms with E-state index < -0.39 is 0 Å².